The minimum absolute atomic E-state index is 0.0626. The van der Waals surface area contributed by atoms with Crippen LogP contribution in [0.2, 0.25) is 0 Å². The van der Waals surface area contributed by atoms with E-state index >= 15 is 0 Å². The first-order valence-corrected chi connectivity index (χ1v) is 6.43. The first-order valence-electron chi connectivity index (χ1n) is 6.43. The highest BCUT2D eigenvalue weighted by atomic mass is 16.5. The highest BCUT2D eigenvalue weighted by Gasteiger charge is 2.03. The van der Waals surface area contributed by atoms with Crippen LogP contribution in [-0.4, -0.2) is 15.3 Å². The number of hydrogen-bond acceptors (Lipinski definition) is 3. The third-order valence-corrected chi connectivity index (χ3v) is 2.91. The first-order chi connectivity index (χ1) is 9.20. The van der Waals surface area contributed by atoms with Gasteiger partial charge in [-0.15, -0.1) is 0 Å². The summed E-state index contributed by atoms with van der Waals surface area (Å²) in [4.78, 5) is 15.3. The van der Waals surface area contributed by atoms with Crippen LogP contribution in [0.1, 0.15) is 36.3 Å². The molecule has 1 aromatic heterocycles. The molecule has 0 aliphatic heterocycles. The Morgan fingerprint density at radius 2 is 2.05 bits per heavy atom. The predicted molar refractivity (Wildman–Crippen MR) is 73.3 cm³/mol. The van der Waals surface area contributed by atoms with E-state index < -0.39 is 0 Å². The molecule has 0 saturated heterocycles. The van der Waals surface area contributed by atoms with Gasteiger partial charge in [-0.05, 0) is 37.6 Å². The molecule has 0 aliphatic carbocycles. The summed E-state index contributed by atoms with van der Waals surface area (Å²) in [5, 5.41) is 0. The fraction of sp³-hybridized carbons (Fsp3) is 0.333. The molecular formula is C15H18N2O2. The van der Waals surface area contributed by atoms with Crippen LogP contribution in [0, 0.1) is 0 Å². The van der Waals surface area contributed by atoms with Gasteiger partial charge in [0.15, 0.2) is 5.78 Å². The number of Topliss-reactive ketones (excluding diaryl/α,β-unsaturated/α-hetero) is 1. The van der Waals surface area contributed by atoms with Crippen molar-refractivity contribution in [2.75, 3.05) is 0 Å². The van der Waals surface area contributed by atoms with Crippen LogP contribution < -0.4 is 4.74 Å². The minimum Gasteiger partial charge on any atom is -0.487 e. The number of hydrogen-bond donors (Lipinski definition) is 0. The lowest BCUT2D eigenvalue weighted by Crippen LogP contribution is -2.05. The Balaban J connectivity index is 1.98. The number of carbonyl (C=O) groups excluding carboxylic acids is 1. The van der Waals surface area contributed by atoms with Gasteiger partial charge in [0.2, 0.25) is 0 Å². The van der Waals surface area contributed by atoms with E-state index in [-0.39, 0.29) is 5.78 Å². The summed E-state index contributed by atoms with van der Waals surface area (Å²) in [5.41, 5.74) is 1.75. The fourth-order valence-corrected chi connectivity index (χ4v) is 1.85. The van der Waals surface area contributed by atoms with Crippen LogP contribution >= 0.6 is 0 Å². The van der Waals surface area contributed by atoms with Gasteiger partial charge in [0, 0.05) is 12.1 Å². The molecule has 100 valence electrons. The molecule has 2 rings (SSSR count). The lowest BCUT2D eigenvalue weighted by atomic mass is 10.1. The van der Waals surface area contributed by atoms with E-state index in [0.717, 1.165) is 24.4 Å². The second kappa shape index (κ2) is 6.18. The summed E-state index contributed by atoms with van der Waals surface area (Å²) in [7, 11) is 0. The zero-order valence-corrected chi connectivity index (χ0v) is 11.3. The highest BCUT2D eigenvalue weighted by Crippen LogP contribution is 2.14. The molecule has 0 saturated carbocycles. The van der Waals surface area contributed by atoms with Crippen LogP contribution in [0.25, 0.3) is 0 Å². The first kappa shape index (κ1) is 13.3. The van der Waals surface area contributed by atoms with Crippen molar-refractivity contribution in [2.24, 2.45) is 0 Å². The molecule has 0 unspecified atom stereocenters. The Hall–Kier alpha value is -2.10. The van der Waals surface area contributed by atoms with Gasteiger partial charge in [-0.3, -0.25) is 4.79 Å². The van der Waals surface area contributed by atoms with Crippen LogP contribution in [0.4, 0.5) is 0 Å². The van der Waals surface area contributed by atoms with Crippen molar-refractivity contribution in [3.8, 4) is 5.75 Å². The van der Waals surface area contributed by atoms with E-state index in [2.05, 4.69) is 16.5 Å². The summed E-state index contributed by atoms with van der Waals surface area (Å²) in [6.07, 6.45) is 4.71. The highest BCUT2D eigenvalue weighted by molar-refractivity contribution is 5.94. The molecule has 0 N–H and O–H groups in total. The van der Waals surface area contributed by atoms with Crippen LogP contribution in [0.5, 0.6) is 5.75 Å². The molecule has 19 heavy (non-hydrogen) atoms. The molecule has 0 spiro atoms. The molecule has 2 aromatic rings. The second-order valence-electron chi connectivity index (χ2n) is 4.45. The van der Waals surface area contributed by atoms with Gasteiger partial charge >= 0.3 is 0 Å². The normalized spacial score (nSPS) is 10.4. The van der Waals surface area contributed by atoms with Gasteiger partial charge in [-0.1, -0.05) is 6.92 Å². The van der Waals surface area contributed by atoms with E-state index in [1.54, 1.807) is 19.1 Å². The van der Waals surface area contributed by atoms with Crippen LogP contribution in [0.15, 0.2) is 36.8 Å². The Bertz CT molecular complexity index is 544. The van der Waals surface area contributed by atoms with Crippen molar-refractivity contribution < 1.29 is 9.53 Å². The van der Waals surface area contributed by atoms with Gasteiger partial charge in [0.1, 0.15) is 12.4 Å². The van der Waals surface area contributed by atoms with E-state index in [1.807, 2.05) is 24.7 Å². The quantitative estimate of drug-likeness (QED) is 0.748. The van der Waals surface area contributed by atoms with Gasteiger partial charge < -0.3 is 9.30 Å². The van der Waals surface area contributed by atoms with E-state index in [9.17, 15) is 4.79 Å². The zero-order valence-electron chi connectivity index (χ0n) is 11.3. The molecule has 1 heterocycles. The smallest absolute Gasteiger partial charge is 0.159 e. The standard InChI is InChI=1S/C15H18N2O2/c1-3-8-17-11-16-9-14(17)10-19-15-6-4-13(5-7-15)12(2)18/h4-7,9,11H,3,8,10H2,1-2H3. The molecule has 4 heteroatoms. The third-order valence-electron chi connectivity index (χ3n) is 2.91. The maximum atomic E-state index is 11.2. The molecule has 0 fully saturated rings. The molecule has 0 amide bonds. The number of aromatic nitrogens is 2. The number of aryl methyl sites for hydroxylation is 1. The van der Waals surface area contributed by atoms with Gasteiger partial charge in [-0.25, -0.2) is 4.98 Å². The summed E-state index contributed by atoms with van der Waals surface area (Å²) in [6.45, 7) is 5.12. The fourth-order valence-electron chi connectivity index (χ4n) is 1.85. The average molecular weight is 258 g/mol. The summed E-state index contributed by atoms with van der Waals surface area (Å²) >= 11 is 0. The minimum atomic E-state index is 0.0626. The number of carbonyl (C=O) groups is 1. The summed E-state index contributed by atoms with van der Waals surface area (Å²) < 4.78 is 7.79. The lowest BCUT2D eigenvalue weighted by molar-refractivity contribution is 0.101. The molecule has 4 nitrogen and oxygen atoms in total. The monoisotopic (exact) mass is 258 g/mol. The Morgan fingerprint density at radius 1 is 1.32 bits per heavy atom. The number of nitrogens with zero attached hydrogens (tertiary/aromatic N) is 2. The van der Waals surface area contributed by atoms with Crippen molar-refractivity contribution in [1.82, 2.24) is 9.55 Å². The maximum Gasteiger partial charge on any atom is 0.159 e. The van der Waals surface area contributed by atoms with E-state index in [4.69, 9.17) is 4.74 Å². The second-order valence-corrected chi connectivity index (χ2v) is 4.45. The van der Waals surface area contributed by atoms with E-state index in [1.165, 1.54) is 0 Å². The Morgan fingerprint density at radius 3 is 2.68 bits per heavy atom. The number of ether oxygens (including phenoxy) is 1. The van der Waals surface area contributed by atoms with Crippen molar-refractivity contribution in [3.63, 3.8) is 0 Å². The predicted octanol–water partition coefficient (Wildman–Crippen LogP) is 3.07. The Labute approximate surface area is 113 Å². The van der Waals surface area contributed by atoms with Crippen molar-refractivity contribution in [1.29, 1.82) is 0 Å². The number of imidazole rings is 1. The third kappa shape index (κ3) is 3.44. The number of rotatable bonds is 6. The molecule has 0 bridgehead atoms. The zero-order chi connectivity index (χ0) is 13.7. The van der Waals surface area contributed by atoms with Gasteiger partial charge in [-0.2, -0.15) is 0 Å². The van der Waals surface area contributed by atoms with Gasteiger partial charge in [0.05, 0.1) is 18.2 Å². The number of ketones is 1. The summed E-state index contributed by atoms with van der Waals surface area (Å²) in [5.74, 6) is 0.821. The maximum absolute atomic E-state index is 11.2. The molecule has 0 radical (unpaired) electrons. The SMILES string of the molecule is CCCn1cncc1COc1ccc(C(C)=O)cc1. The van der Waals surface area contributed by atoms with Gasteiger partial charge in [0.25, 0.3) is 0 Å². The van der Waals surface area contributed by atoms with Crippen molar-refractivity contribution in [3.05, 3.63) is 48.0 Å². The largest absolute Gasteiger partial charge is 0.487 e. The number of benzene rings is 1. The molecular weight excluding hydrogens is 240 g/mol. The van der Waals surface area contributed by atoms with Crippen LogP contribution in [-0.2, 0) is 13.2 Å². The topological polar surface area (TPSA) is 44.1 Å². The van der Waals surface area contributed by atoms with Crippen LogP contribution in [0.3, 0.4) is 0 Å². The summed E-state index contributed by atoms with van der Waals surface area (Å²) in [6, 6.07) is 7.19. The molecule has 0 aliphatic rings. The Kier molecular flexibility index (Phi) is 4.34. The average Bonchev–Trinajstić information content (AvgIpc) is 2.85. The molecule has 0 atom stereocenters. The van der Waals surface area contributed by atoms with Crippen molar-refractivity contribution in [2.45, 2.75) is 33.4 Å². The van der Waals surface area contributed by atoms with Crippen molar-refractivity contribution >= 4 is 5.78 Å². The van der Waals surface area contributed by atoms with E-state index in [0.29, 0.717) is 12.2 Å². The molecule has 1 aromatic carbocycles. The lowest BCUT2D eigenvalue weighted by Gasteiger charge is -2.09.